The Morgan fingerprint density at radius 3 is 2.53 bits per heavy atom. The Labute approximate surface area is 115 Å². The molecule has 1 saturated heterocycles. The van der Waals surface area contributed by atoms with Gasteiger partial charge in [-0.1, -0.05) is 20.8 Å². The predicted octanol–water partition coefficient (Wildman–Crippen LogP) is 2.81. The molecule has 0 aromatic rings. The molecule has 1 amide bonds. The molecular formula is C15H27NO3. The Morgan fingerprint density at radius 2 is 2.00 bits per heavy atom. The standard InChI is InChI=1S/C15H27NO3/c1-15(2,3)13-9-10(4-6-16(13)14(18)19)12-8-11(12)5-7-17/h10-13,17H,4-9H2,1-3H3,(H,18,19)/t10-,11?,12?,13+/m1/s1. The predicted molar refractivity (Wildman–Crippen MR) is 74.0 cm³/mol. The average molecular weight is 269 g/mol. The molecule has 2 rings (SSSR count). The van der Waals surface area contributed by atoms with Gasteiger partial charge in [0.25, 0.3) is 0 Å². The van der Waals surface area contributed by atoms with Gasteiger partial charge in [-0.3, -0.25) is 0 Å². The minimum absolute atomic E-state index is 0.00156. The zero-order chi connectivity index (χ0) is 14.2. The summed E-state index contributed by atoms with van der Waals surface area (Å²) in [7, 11) is 0. The fourth-order valence-corrected chi connectivity index (χ4v) is 3.78. The van der Waals surface area contributed by atoms with E-state index >= 15 is 0 Å². The van der Waals surface area contributed by atoms with Gasteiger partial charge in [-0.2, -0.15) is 0 Å². The maximum Gasteiger partial charge on any atom is 0.407 e. The van der Waals surface area contributed by atoms with E-state index in [0.29, 0.717) is 18.4 Å². The van der Waals surface area contributed by atoms with Crippen LogP contribution in [0.4, 0.5) is 4.79 Å². The van der Waals surface area contributed by atoms with Gasteiger partial charge in [0.2, 0.25) is 0 Å². The second-order valence-electron chi connectivity index (χ2n) is 7.31. The highest BCUT2D eigenvalue weighted by Crippen LogP contribution is 2.51. The van der Waals surface area contributed by atoms with Crippen molar-refractivity contribution in [1.82, 2.24) is 4.90 Å². The molecule has 110 valence electrons. The lowest BCUT2D eigenvalue weighted by Crippen LogP contribution is -2.51. The number of carbonyl (C=O) groups is 1. The summed E-state index contributed by atoms with van der Waals surface area (Å²) < 4.78 is 0. The van der Waals surface area contributed by atoms with Crippen LogP contribution in [0.1, 0.15) is 46.5 Å². The van der Waals surface area contributed by atoms with Crippen LogP contribution in [0.15, 0.2) is 0 Å². The Kier molecular flexibility index (Phi) is 4.09. The number of amides is 1. The molecule has 0 aromatic heterocycles. The normalized spacial score (nSPS) is 35.3. The quantitative estimate of drug-likeness (QED) is 0.828. The molecule has 0 bridgehead atoms. The molecule has 0 aromatic carbocycles. The van der Waals surface area contributed by atoms with Gasteiger partial charge in [-0.25, -0.2) is 4.79 Å². The highest BCUT2D eigenvalue weighted by atomic mass is 16.4. The van der Waals surface area contributed by atoms with Crippen molar-refractivity contribution in [1.29, 1.82) is 0 Å². The van der Waals surface area contributed by atoms with Crippen molar-refractivity contribution in [2.45, 2.75) is 52.5 Å². The first-order valence-electron chi connectivity index (χ1n) is 7.45. The van der Waals surface area contributed by atoms with Crippen molar-refractivity contribution in [3.05, 3.63) is 0 Å². The van der Waals surface area contributed by atoms with E-state index in [0.717, 1.165) is 25.2 Å². The Morgan fingerprint density at radius 1 is 1.32 bits per heavy atom. The summed E-state index contributed by atoms with van der Waals surface area (Å²) in [4.78, 5) is 13.0. The molecular weight excluding hydrogens is 242 g/mol. The van der Waals surface area contributed by atoms with E-state index in [9.17, 15) is 9.90 Å². The minimum atomic E-state index is -0.777. The Hall–Kier alpha value is -0.770. The summed E-state index contributed by atoms with van der Waals surface area (Å²) >= 11 is 0. The number of hydrogen-bond donors (Lipinski definition) is 2. The van der Waals surface area contributed by atoms with E-state index in [4.69, 9.17) is 5.11 Å². The summed E-state index contributed by atoms with van der Waals surface area (Å²) in [6.07, 6.45) is 3.36. The first kappa shape index (κ1) is 14.6. The van der Waals surface area contributed by atoms with Gasteiger partial charge in [0.1, 0.15) is 0 Å². The van der Waals surface area contributed by atoms with Crippen LogP contribution in [0.2, 0.25) is 0 Å². The number of aliphatic hydroxyl groups excluding tert-OH is 1. The molecule has 4 atom stereocenters. The second kappa shape index (κ2) is 5.31. The van der Waals surface area contributed by atoms with E-state index < -0.39 is 6.09 Å². The fourth-order valence-electron chi connectivity index (χ4n) is 3.78. The first-order valence-corrected chi connectivity index (χ1v) is 7.45. The monoisotopic (exact) mass is 269 g/mol. The van der Waals surface area contributed by atoms with Crippen molar-refractivity contribution < 1.29 is 15.0 Å². The van der Waals surface area contributed by atoms with Crippen molar-refractivity contribution >= 4 is 6.09 Å². The molecule has 1 aliphatic carbocycles. The van der Waals surface area contributed by atoms with Crippen LogP contribution >= 0.6 is 0 Å². The molecule has 2 N–H and O–H groups in total. The summed E-state index contributed by atoms with van der Waals surface area (Å²) in [5, 5.41) is 18.3. The molecule has 0 radical (unpaired) electrons. The highest BCUT2D eigenvalue weighted by molar-refractivity contribution is 5.65. The smallest absolute Gasteiger partial charge is 0.407 e. The third kappa shape index (κ3) is 3.22. The molecule has 1 heterocycles. The maximum atomic E-state index is 11.4. The lowest BCUT2D eigenvalue weighted by atomic mass is 9.75. The molecule has 0 spiro atoms. The topological polar surface area (TPSA) is 60.8 Å². The van der Waals surface area contributed by atoms with Crippen LogP contribution in [-0.2, 0) is 0 Å². The molecule has 4 heteroatoms. The molecule has 2 aliphatic rings. The zero-order valence-corrected chi connectivity index (χ0v) is 12.3. The SMILES string of the molecule is CC(C)(C)[C@@H]1C[C@H](C2CC2CCO)CCN1C(=O)O. The zero-order valence-electron chi connectivity index (χ0n) is 12.3. The van der Waals surface area contributed by atoms with E-state index in [1.165, 1.54) is 6.42 Å². The largest absolute Gasteiger partial charge is 0.465 e. The van der Waals surface area contributed by atoms with Crippen molar-refractivity contribution in [3.63, 3.8) is 0 Å². The summed E-state index contributed by atoms with van der Waals surface area (Å²) in [5.41, 5.74) is -0.00156. The van der Waals surface area contributed by atoms with E-state index in [-0.39, 0.29) is 18.1 Å². The molecule has 2 unspecified atom stereocenters. The van der Waals surface area contributed by atoms with Crippen LogP contribution in [0.3, 0.4) is 0 Å². The minimum Gasteiger partial charge on any atom is -0.465 e. The molecule has 19 heavy (non-hydrogen) atoms. The van der Waals surface area contributed by atoms with Crippen LogP contribution in [0.5, 0.6) is 0 Å². The third-order valence-electron chi connectivity index (χ3n) is 4.97. The highest BCUT2D eigenvalue weighted by Gasteiger charge is 2.47. The maximum absolute atomic E-state index is 11.4. The first-order chi connectivity index (χ1) is 8.84. The lowest BCUT2D eigenvalue weighted by molar-refractivity contribution is 0.0350. The number of rotatable bonds is 3. The van der Waals surface area contributed by atoms with Crippen LogP contribution in [-0.4, -0.2) is 40.4 Å². The van der Waals surface area contributed by atoms with Gasteiger partial charge in [0.05, 0.1) is 0 Å². The molecule has 2 fully saturated rings. The van der Waals surface area contributed by atoms with Crippen LogP contribution < -0.4 is 0 Å². The third-order valence-corrected chi connectivity index (χ3v) is 4.97. The van der Waals surface area contributed by atoms with Crippen molar-refractivity contribution in [3.8, 4) is 0 Å². The van der Waals surface area contributed by atoms with E-state index in [1.54, 1.807) is 4.90 Å². The van der Waals surface area contributed by atoms with Gasteiger partial charge in [-0.05, 0) is 48.9 Å². The number of likely N-dealkylation sites (tertiary alicyclic amines) is 1. The fraction of sp³-hybridized carbons (Fsp3) is 0.933. The number of nitrogens with zero attached hydrogens (tertiary/aromatic N) is 1. The van der Waals surface area contributed by atoms with Gasteiger partial charge >= 0.3 is 6.09 Å². The Bertz CT molecular complexity index is 337. The molecule has 1 saturated carbocycles. The number of carboxylic acid groups (broad SMARTS) is 1. The number of piperidine rings is 1. The number of aliphatic hydroxyl groups is 1. The van der Waals surface area contributed by atoms with Gasteiger partial charge in [0.15, 0.2) is 0 Å². The summed E-state index contributed by atoms with van der Waals surface area (Å²) in [5.74, 6) is 2.07. The van der Waals surface area contributed by atoms with Crippen LogP contribution in [0.25, 0.3) is 0 Å². The Balaban J connectivity index is 2.00. The van der Waals surface area contributed by atoms with E-state index in [2.05, 4.69) is 20.8 Å². The van der Waals surface area contributed by atoms with Gasteiger partial charge in [0, 0.05) is 19.2 Å². The van der Waals surface area contributed by atoms with Crippen molar-refractivity contribution in [2.24, 2.45) is 23.2 Å². The van der Waals surface area contributed by atoms with Gasteiger partial charge in [-0.15, -0.1) is 0 Å². The molecule has 1 aliphatic heterocycles. The summed E-state index contributed by atoms with van der Waals surface area (Å²) in [6, 6.07) is 0.124. The average Bonchev–Trinajstić information content (AvgIpc) is 3.07. The van der Waals surface area contributed by atoms with E-state index in [1.807, 2.05) is 0 Å². The second-order valence-corrected chi connectivity index (χ2v) is 7.31. The number of hydrogen-bond acceptors (Lipinski definition) is 2. The van der Waals surface area contributed by atoms with Crippen molar-refractivity contribution in [2.75, 3.05) is 13.2 Å². The summed E-state index contributed by atoms with van der Waals surface area (Å²) in [6.45, 7) is 7.36. The van der Waals surface area contributed by atoms with Gasteiger partial charge < -0.3 is 15.1 Å². The van der Waals surface area contributed by atoms with Crippen LogP contribution in [0, 0.1) is 23.2 Å². The lowest BCUT2D eigenvalue weighted by Gasteiger charge is -2.45. The molecule has 4 nitrogen and oxygen atoms in total.